The summed E-state index contributed by atoms with van der Waals surface area (Å²) in [5, 5.41) is 0. The van der Waals surface area contributed by atoms with E-state index in [1.54, 1.807) is 0 Å². The molecule has 21 heavy (non-hydrogen) atoms. The minimum absolute atomic E-state index is 0.0181. The van der Waals surface area contributed by atoms with Gasteiger partial charge < -0.3 is 15.4 Å². The van der Waals surface area contributed by atoms with Crippen LogP contribution in [0.3, 0.4) is 0 Å². The lowest BCUT2D eigenvalue weighted by molar-refractivity contribution is 0.317. The van der Waals surface area contributed by atoms with Crippen molar-refractivity contribution in [2.75, 3.05) is 25.1 Å². The molecule has 0 amide bonds. The van der Waals surface area contributed by atoms with E-state index in [4.69, 9.17) is 10.5 Å². The molecule has 112 valence electrons. The van der Waals surface area contributed by atoms with Crippen molar-refractivity contribution in [3.8, 4) is 5.75 Å². The lowest BCUT2D eigenvalue weighted by Crippen LogP contribution is -2.28. The molecular formula is C18H24N2O. The van der Waals surface area contributed by atoms with Crippen LogP contribution in [-0.2, 0) is 0 Å². The summed E-state index contributed by atoms with van der Waals surface area (Å²) in [4.78, 5) is 2.17. The number of benzene rings is 2. The zero-order valence-corrected chi connectivity index (χ0v) is 12.8. The van der Waals surface area contributed by atoms with Crippen LogP contribution in [0.5, 0.6) is 5.75 Å². The van der Waals surface area contributed by atoms with E-state index < -0.39 is 0 Å². The quantitative estimate of drug-likeness (QED) is 0.844. The molecule has 2 N–H and O–H groups in total. The number of para-hydroxylation sites is 1. The Balaban J connectivity index is 1.95. The van der Waals surface area contributed by atoms with Crippen LogP contribution in [0.1, 0.15) is 24.9 Å². The second-order valence-corrected chi connectivity index (χ2v) is 5.24. The molecule has 2 aromatic rings. The maximum atomic E-state index is 6.30. The molecule has 0 spiro atoms. The van der Waals surface area contributed by atoms with Crippen LogP contribution < -0.4 is 15.4 Å². The molecule has 0 aliphatic rings. The van der Waals surface area contributed by atoms with Gasteiger partial charge in [0.15, 0.2) is 0 Å². The Labute approximate surface area is 127 Å². The van der Waals surface area contributed by atoms with Crippen molar-refractivity contribution < 1.29 is 4.74 Å². The average molecular weight is 284 g/mol. The van der Waals surface area contributed by atoms with E-state index in [1.165, 1.54) is 5.69 Å². The van der Waals surface area contributed by atoms with Crippen molar-refractivity contribution in [3.63, 3.8) is 0 Å². The maximum absolute atomic E-state index is 6.30. The molecule has 3 nitrogen and oxygen atoms in total. The summed E-state index contributed by atoms with van der Waals surface area (Å²) in [6.45, 7) is 3.63. The van der Waals surface area contributed by atoms with Gasteiger partial charge >= 0.3 is 0 Å². The van der Waals surface area contributed by atoms with E-state index >= 15 is 0 Å². The number of nitrogens with two attached hydrogens (primary N) is 1. The molecule has 0 heterocycles. The van der Waals surface area contributed by atoms with Gasteiger partial charge in [-0.2, -0.15) is 0 Å². The first-order chi connectivity index (χ1) is 10.2. The van der Waals surface area contributed by atoms with Crippen molar-refractivity contribution >= 4 is 5.69 Å². The molecule has 1 atom stereocenters. The van der Waals surface area contributed by atoms with Gasteiger partial charge in [-0.3, -0.25) is 0 Å². The number of anilines is 1. The Morgan fingerprint density at radius 3 is 2.33 bits per heavy atom. The Kier molecular flexibility index (Phi) is 5.64. The lowest BCUT2D eigenvalue weighted by Gasteiger charge is -2.23. The molecule has 0 radical (unpaired) electrons. The fraction of sp³-hybridized carbons (Fsp3) is 0.333. The van der Waals surface area contributed by atoms with E-state index in [2.05, 4.69) is 43.1 Å². The first-order valence-electron chi connectivity index (χ1n) is 7.45. The smallest absolute Gasteiger partial charge is 0.119 e. The standard InChI is InChI=1S/C18H24N2O/c1-3-13-21-17-11-9-15(10-12-17)18(19)14-20(2)16-7-5-4-6-8-16/h4-12,18H,3,13-14,19H2,1-2H3. The topological polar surface area (TPSA) is 38.5 Å². The van der Waals surface area contributed by atoms with E-state index in [-0.39, 0.29) is 6.04 Å². The number of hydrogen-bond donors (Lipinski definition) is 1. The molecule has 0 bridgehead atoms. The highest BCUT2D eigenvalue weighted by molar-refractivity contribution is 5.45. The van der Waals surface area contributed by atoms with Crippen LogP contribution >= 0.6 is 0 Å². The van der Waals surface area contributed by atoms with Gasteiger partial charge in [0.1, 0.15) is 5.75 Å². The van der Waals surface area contributed by atoms with Gasteiger partial charge in [0.25, 0.3) is 0 Å². The summed E-state index contributed by atoms with van der Waals surface area (Å²) in [7, 11) is 2.06. The molecule has 0 saturated heterocycles. The summed E-state index contributed by atoms with van der Waals surface area (Å²) < 4.78 is 5.59. The van der Waals surface area contributed by atoms with E-state index in [0.717, 1.165) is 30.9 Å². The van der Waals surface area contributed by atoms with Gasteiger partial charge in [0, 0.05) is 25.3 Å². The van der Waals surface area contributed by atoms with Crippen LogP contribution in [0.15, 0.2) is 54.6 Å². The van der Waals surface area contributed by atoms with E-state index in [1.807, 2.05) is 30.3 Å². The van der Waals surface area contributed by atoms with E-state index in [0.29, 0.717) is 0 Å². The number of nitrogens with zero attached hydrogens (tertiary/aromatic N) is 1. The van der Waals surface area contributed by atoms with Crippen molar-refractivity contribution in [3.05, 3.63) is 60.2 Å². The first kappa shape index (κ1) is 15.4. The molecule has 0 fully saturated rings. The summed E-state index contributed by atoms with van der Waals surface area (Å²) in [6, 6.07) is 18.4. The number of hydrogen-bond acceptors (Lipinski definition) is 3. The predicted octanol–water partition coefficient (Wildman–Crippen LogP) is 3.61. The van der Waals surface area contributed by atoms with Crippen LogP contribution in [0.4, 0.5) is 5.69 Å². The SMILES string of the molecule is CCCOc1ccc(C(N)CN(C)c2ccccc2)cc1. The van der Waals surface area contributed by atoms with Crippen LogP contribution in [0, 0.1) is 0 Å². The van der Waals surface area contributed by atoms with Crippen molar-refractivity contribution in [2.24, 2.45) is 5.73 Å². The van der Waals surface area contributed by atoms with Crippen LogP contribution in [-0.4, -0.2) is 20.2 Å². The first-order valence-corrected chi connectivity index (χ1v) is 7.45. The van der Waals surface area contributed by atoms with Crippen molar-refractivity contribution in [1.29, 1.82) is 0 Å². The molecule has 0 saturated carbocycles. The summed E-state index contributed by atoms with van der Waals surface area (Å²) >= 11 is 0. The number of ether oxygens (including phenoxy) is 1. The van der Waals surface area contributed by atoms with Crippen LogP contribution in [0.25, 0.3) is 0 Å². The lowest BCUT2D eigenvalue weighted by atomic mass is 10.1. The fourth-order valence-electron chi connectivity index (χ4n) is 2.22. The third-order valence-corrected chi connectivity index (χ3v) is 3.45. The summed E-state index contributed by atoms with van der Waals surface area (Å²) in [5.41, 5.74) is 8.60. The summed E-state index contributed by atoms with van der Waals surface area (Å²) in [6.07, 6.45) is 1.02. The highest BCUT2D eigenvalue weighted by Gasteiger charge is 2.10. The predicted molar refractivity (Wildman–Crippen MR) is 88.9 cm³/mol. The number of rotatable bonds is 7. The molecule has 0 aromatic heterocycles. The second kappa shape index (κ2) is 7.70. The molecule has 0 aliphatic heterocycles. The van der Waals surface area contributed by atoms with Gasteiger partial charge in [-0.05, 0) is 36.2 Å². The minimum atomic E-state index is -0.0181. The Hall–Kier alpha value is -2.00. The molecule has 3 heteroatoms. The van der Waals surface area contributed by atoms with Gasteiger partial charge in [0.2, 0.25) is 0 Å². The second-order valence-electron chi connectivity index (χ2n) is 5.24. The third kappa shape index (κ3) is 4.50. The summed E-state index contributed by atoms with van der Waals surface area (Å²) in [5.74, 6) is 0.907. The highest BCUT2D eigenvalue weighted by atomic mass is 16.5. The molecule has 2 aromatic carbocycles. The number of likely N-dealkylation sites (N-methyl/N-ethyl adjacent to an activating group) is 1. The monoisotopic (exact) mass is 284 g/mol. The van der Waals surface area contributed by atoms with Gasteiger partial charge in [0.05, 0.1) is 6.61 Å². The zero-order valence-electron chi connectivity index (χ0n) is 12.8. The maximum Gasteiger partial charge on any atom is 0.119 e. The Morgan fingerprint density at radius 1 is 1.05 bits per heavy atom. The average Bonchev–Trinajstić information content (AvgIpc) is 2.54. The Bertz CT molecular complexity index is 525. The van der Waals surface area contributed by atoms with Crippen molar-refractivity contribution in [1.82, 2.24) is 0 Å². The van der Waals surface area contributed by atoms with Crippen molar-refractivity contribution in [2.45, 2.75) is 19.4 Å². The van der Waals surface area contributed by atoms with Gasteiger partial charge in [-0.1, -0.05) is 37.3 Å². The fourth-order valence-corrected chi connectivity index (χ4v) is 2.22. The van der Waals surface area contributed by atoms with E-state index in [9.17, 15) is 0 Å². The molecule has 2 rings (SSSR count). The van der Waals surface area contributed by atoms with Gasteiger partial charge in [-0.15, -0.1) is 0 Å². The largest absolute Gasteiger partial charge is 0.494 e. The zero-order chi connectivity index (χ0) is 15.1. The van der Waals surface area contributed by atoms with Gasteiger partial charge in [-0.25, -0.2) is 0 Å². The molecule has 1 unspecified atom stereocenters. The van der Waals surface area contributed by atoms with Crippen LogP contribution in [0.2, 0.25) is 0 Å². The normalized spacial score (nSPS) is 12.0. The third-order valence-electron chi connectivity index (χ3n) is 3.45. The molecular weight excluding hydrogens is 260 g/mol. The highest BCUT2D eigenvalue weighted by Crippen LogP contribution is 2.19. The Morgan fingerprint density at radius 2 is 1.71 bits per heavy atom. The molecule has 0 aliphatic carbocycles. The minimum Gasteiger partial charge on any atom is -0.494 e.